The number of hydrogen-bond donors (Lipinski definition) is 0. The molecule has 1 rings (SSSR count). The highest BCUT2D eigenvalue weighted by molar-refractivity contribution is 5.79. The SMILES string of the molecule is CCOC(=O)C(F)(F)c1cc(C)cc(F)c1. The van der Waals surface area contributed by atoms with Gasteiger partial charge in [-0.3, -0.25) is 0 Å². The van der Waals surface area contributed by atoms with Gasteiger partial charge in [-0.2, -0.15) is 8.78 Å². The number of rotatable bonds is 3. The Labute approximate surface area is 91.0 Å². The molecule has 0 aliphatic heterocycles. The predicted octanol–water partition coefficient (Wildman–Crippen LogP) is 2.79. The van der Waals surface area contributed by atoms with E-state index in [1.165, 1.54) is 13.8 Å². The molecule has 16 heavy (non-hydrogen) atoms. The van der Waals surface area contributed by atoms with E-state index in [1.807, 2.05) is 0 Å². The zero-order chi connectivity index (χ0) is 12.3. The number of esters is 1. The van der Waals surface area contributed by atoms with Crippen molar-refractivity contribution in [3.8, 4) is 0 Å². The average molecular weight is 232 g/mol. The lowest BCUT2D eigenvalue weighted by Crippen LogP contribution is -2.28. The number of carbonyl (C=O) groups is 1. The smallest absolute Gasteiger partial charge is 0.381 e. The standard InChI is InChI=1S/C11H11F3O2/c1-3-16-10(15)11(13,14)8-4-7(2)5-9(12)6-8/h4-6H,3H2,1-2H3. The molecule has 0 N–H and O–H groups in total. The first kappa shape index (κ1) is 12.5. The molecular weight excluding hydrogens is 221 g/mol. The van der Waals surface area contributed by atoms with E-state index in [-0.39, 0.29) is 6.61 Å². The molecule has 0 heterocycles. The van der Waals surface area contributed by atoms with Gasteiger partial charge in [0.1, 0.15) is 5.82 Å². The van der Waals surface area contributed by atoms with Crippen LogP contribution in [0.4, 0.5) is 13.2 Å². The average Bonchev–Trinajstić information content (AvgIpc) is 2.16. The number of hydrogen-bond acceptors (Lipinski definition) is 2. The fourth-order valence-corrected chi connectivity index (χ4v) is 1.26. The Morgan fingerprint density at radius 1 is 1.38 bits per heavy atom. The minimum Gasteiger partial charge on any atom is -0.461 e. The molecule has 0 aromatic heterocycles. The molecule has 0 saturated carbocycles. The van der Waals surface area contributed by atoms with E-state index in [2.05, 4.69) is 4.74 Å². The third kappa shape index (κ3) is 2.53. The summed E-state index contributed by atoms with van der Waals surface area (Å²) in [5.74, 6) is -6.29. The molecule has 0 unspecified atom stereocenters. The van der Waals surface area contributed by atoms with Gasteiger partial charge in [-0.1, -0.05) is 0 Å². The minimum atomic E-state index is -3.82. The van der Waals surface area contributed by atoms with E-state index in [0.717, 1.165) is 12.1 Å². The van der Waals surface area contributed by atoms with Crippen molar-refractivity contribution in [3.05, 3.63) is 35.1 Å². The van der Waals surface area contributed by atoms with Gasteiger partial charge in [0.25, 0.3) is 0 Å². The van der Waals surface area contributed by atoms with Crippen LogP contribution in [0.2, 0.25) is 0 Å². The number of benzene rings is 1. The van der Waals surface area contributed by atoms with E-state index in [1.54, 1.807) is 0 Å². The van der Waals surface area contributed by atoms with Crippen LogP contribution in [-0.4, -0.2) is 12.6 Å². The molecular formula is C11H11F3O2. The van der Waals surface area contributed by atoms with Crippen LogP contribution in [0.15, 0.2) is 18.2 Å². The third-order valence-electron chi connectivity index (χ3n) is 1.94. The van der Waals surface area contributed by atoms with Crippen molar-refractivity contribution in [2.45, 2.75) is 19.8 Å². The normalized spacial score (nSPS) is 11.3. The molecule has 0 spiro atoms. The summed E-state index contributed by atoms with van der Waals surface area (Å²) in [6, 6.07) is 2.79. The summed E-state index contributed by atoms with van der Waals surface area (Å²) in [6.07, 6.45) is 0. The Morgan fingerprint density at radius 2 is 2.00 bits per heavy atom. The summed E-state index contributed by atoms with van der Waals surface area (Å²) < 4.78 is 44.1. The number of ether oxygens (including phenoxy) is 1. The fourth-order valence-electron chi connectivity index (χ4n) is 1.26. The lowest BCUT2D eigenvalue weighted by molar-refractivity contribution is -0.173. The summed E-state index contributed by atoms with van der Waals surface area (Å²) in [4.78, 5) is 11.0. The molecule has 0 atom stereocenters. The second-order valence-electron chi connectivity index (χ2n) is 3.31. The van der Waals surface area contributed by atoms with Gasteiger partial charge in [-0.25, -0.2) is 9.18 Å². The second kappa shape index (κ2) is 4.55. The lowest BCUT2D eigenvalue weighted by Gasteiger charge is -2.15. The molecule has 0 amide bonds. The highest BCUT2D eigenvalue weighted by Crippen LogP contribution is 2.30. The fraction of sp³-hybridized carbons (Fsp3) is 0.364. The van der Waals surface area contributed by atoms with Crippen LogP contribution in [0.3, 0.4) is 0 Å². The van der Waals surface area contributed by atoms with Crippen molar-refractivity contribution >= 4 is 5.97 Å². The van der Waals surface area contributed by atoms with Crippen molar-refractivity contribution in [1.82, 2.24) is 0 Å². The Balaban J connectivity index is 3.10. The van der Waals surface area contributed by atoms with Gasteiger partial charge < -0.3 is 4.74 Å². The monoisotopic (exact) mass is 232 g/mol. The maximum atomic E-state index is 13.5. The molecule has 5 heteroatoms. The Hall–Kier alpha value is -1.52. The second-order valence-corrected chi connectivity index (χ2v) is 3.31. The highest BCUT2D eigenvalue weighted by atomic mass is 19.3. The van der Waals surface area contributed by atoms with Crippen LogP contribution >= 0.6 is 0 Å². The van der Waals surface area contributed by atoms with Crippen molar-refractivity contribution in [2.75, 3.05) is 6.61 Å². The maximum Gasteiger partial charge on any atom is 0.381 e. The molecule has 1 aromatic carbocycles. The number of alkyl halides is 2. The zero-order valence-corrected chi connectivity index (χ0v) is 8.89. The molecule has 0 aliphatic carbocycles. The van der Waals surface area contributed by atoms with Gasteiger partial charge >= 0.3 is 11.9 Å². The van der Waals surface area contributed by atoms with Crippen molar-refractivity contribution in [1.29, 1.82) is 0 Å². The maximum absolute atomic E-state index is 13.5. The third-order valence-corrected chi connectivity index (χ3v) is 1.94. The Bertz CT molecular complexity index is 382. The van der Waals surface area contributed by atoms with Crippen LogP contribution < -0.4 is 0 Å². The summed E-state index contributed by atoms with van der Waals surface area (Å²) in [5, 5.41) is 0. The molecule has 0 bridgehead atoms. The van der Waals surface area contributed by atoms with Gasteiger partial charge in [0.15, 0.2) is 0 Å². The van der Waals surface area contributed by atoms with Crippen LogP contribution in [0.5, 0.6) is 0 Å². The van der Waals surface area contributed by atoms with Crippen molar-refractivity contribution in [3.63, 3.8) is 0 Å². The first-order valence-electron chi connectivity index (χ1n) is 4.70. The van der Waals surface area contributed by atoms with Gasteiger partial charge in [0.05, 0.1) is 6.61 Å². The van der Waals surface area contributed by atoms with E-state index in [9.17, 15) is 18.0 Å². The number of aryl methyl sites for hydroxylation is 1. The van der Waals surface area contributed by atoms with E-state index < -0.39 is 23.3 Å². The largest absolute Gasteiger partial charge is 0.461 e. The number of carbonyl (C=O) groups excluding carboxylic acids is 1. The van der Waals surface area contributed by atoms with E-state index >= 15 is 0 Å². The topological polar surface area (TPSA) is 26.3 Å². The summed E-state index contributed by atoms with van der Waals surface area (Å²) in [5.41, 5.74) is -0.373. The quantitative estimate of drug-likeness (QED) is 0.749. The molecule has 0 aliphatic rings. The first-order valence-corrected chi connectivity index (χ1v) is 4.70. The van der Waals surface area contributed by atoms with Gasteiger partial charge in [-0.15, -0.1) is 0 Å². The summed E-state index contributed by atoms with van der Waals surface area (Å²) in [7, 11) is 0. The van der Waals surface area contributed by atoms with Gasteiger partial charge in [0.2, 0.25) is 0 Å². The summed E-state index contributed by atoms with van der Waals surface area (Å²) >= 11 is 0. The first-order chi connectivity index (χ1) is 7.37. The van der Waals surface area contributed by atoms with Gasteiger partial charge in [0, 0.05) is 5.56 Å². The molecule has 88 valence electrons. The van der Waals surface area contributed by atoms with Crippen LogP contribution in [0.25, 0.3) is 0 Å². The Kier molecular flexibility index (Phi) is 3.57. The summed E-state index contributed by atoms with van der Waals surface area (Å²) in [6.45, 7) is 2.74. The van der Waals surface area contributed by atoms with E-state index in [0.29, 0.717) is 11.6 Å². The molecule has 0 radical (unpaired) electrons. The van der Waals surface area contributed by atoms with E-state index in [4.69, 9.17) is 0 Å². The van der Waals surface area contributed by atoms with Gasteiger partial charge in [-0.05, 0) is 37.6 Å². The highest BCUT2D eigenvalue weighted by Gasteiger charge is 2.43. The minimum absolute atomic E-state index is 0.150. The molecule has 0 saturated heterocycles. The lowest BCUT2D eigenvalue weighted by atomic mass is 10.1. The van der Waals surface area contributed by atoms with Crippen molar-refractivity contribution < 1.29 is 22.7 Å². The van der Waals surface area contributed by atoms with Crippen molar-refractivity contribution in [2.24, 2.45) is 0 Å². The van der Waals surface area contributed by atoms with Crippen LogP contribution in [0, 0.1) is 12.7 Å². The van der Waals surface area contributed by atoms with Crippen LogP contribution in [0.1, 0.15) is 18.1 Å². The predicted molar refractivity (Wildman–Crippen MR) is 51.7 cm³/mol. The molecule has 2 nitrogen and oxygen atoms in total. The Morgan fingerprint density at radius 3 is 2.50 bits per heavy atom. The number of halogens is 3. The molecule has 1 aromatic rings. The zero-order valence-electron chi connectivity index (χ0n) is 8.89. The molecule has 0 fully saturated rings. The van der Waals surface area contributed by atoms with Crippen LogP contribution in [-0.2, 0) is 15.5 Å².